The van der Waals surface area contributed by atoms with Crippen molar-refractivity contribution in [3.8, 4) is 17.2 Å². The number of carbonyl (C=O) groups excluding carboxylic acids is 1. The molecule has 0 unspecified atom stereocenters. The normalized spacial score (nSPS) is 11.1. The molecule has 2 aromatic carbocycles. The molecule has 0 atom stereocenters. The van der Waals surface area contributed by atoms with E-state index in [1.165, 1.54) is 6.20 Å². The first-order valence-corrected chi connectivity index (χ1v) is 10.8. The minimum Gasteiger partial charge on any atom is -0.497 e. The summed E-state index contributed by atoms with van der Waals surface area (Å²) >= 11 is 12.8. The average molecular weight is 478 g/mol. The molecule has 8 heteroatoms. The maximum absolute atomic E-state index is 13.5. The summed E-state index contributed by atoms with van der Waals surface area (Å²) < 4.78 is 13.0. The van der Waals surface area contributed by atoms with Crippen LogP contribution in [-0.2, 0) is 6.54 Å². The summed E-state index contributed by atoms with van der Waals surface area (Å²) in [6, 6.07) is 16.6. The third kappa shape index (κ3) is 3.99. The van der Waals surface area contributed by atoms with Crippen LogP contribution in [0.4, 0.5) is 0 Å². The third-order valence-corrected chi connectivity index (χ3v) is 5.97. The number of hydrogen-bond donors (Lipinski definition) is 0. The van der Waals surface area contributed by atoms with Gasteiger partial charge in [-0.1, -0.05) is 35.3 Å². The lowest BCUT2D eigenvalue weighted by Gasteiger charge is -2.08. The Kier molecular flexibility index (Phi) is 5.62. The Morgan fingerprint density at radius 1 is 1.09 bits per heavy atom. The molecule has 0 bridgehead atoms. The van der Waals surface area contributed by atoms with Gasteiger partial charge in [0.2, 0.25) is 11.7 Å². The maximum Gasteiger partial charge on any atom is 0.233 e. The summed E-state index contributed by atoms with van der Waals surface area (Å²) in [5.41, 5.74) is 2.79. The molecule has 0 radical (unpaired) electrons. The number of ether oxygens (including phenoxy) is 1. The van der Waals surface area contributed by atoms with E-state index >= 15 is 0 Å². The van der Waals surface area contributed by atoms with Crippen LogP contribution in [0.2, 0.25) is 10.2 Å². The minimum absolute atomic E-state index is 0.0871. The van der Waals surface area contributed by atoms with E-state index in [2.05, 4.69) is 9.97 Å². The Morgan fingerprint density at radius 2 is 1.91 bits per heavy atom. The predicted octanol–water partition coefficient (Wildman–Crippen LogP) is 6.29. The average Bonchev–Trinajstić information content (AvgIpc) is 3.44. The van der Waals surface area contributed by atoms with Crippen LogP contribution in [0.25, 0.3) is 22.4 Å². The van der Waals surface area contributed by atoms with Gasteiger partial charge in [0.1, 0.15) is 10.9 Å². The number of benzene rings is 2. The zero-order valence-electron chi connectivity index (χ0n) is 17.5. The van der Waals surface area contributed by atoms with Crippen molar-refractivity contribution in [2.24, 2.45) is 0 Å². The van der Waals surface area contributed by atoms with Crippen molar-refractivity contribution < 1.29 is 13.9 Å². The van der Waals surface area contributed by atoms with Crippen molar-refractivity contribution in [3.05, 3.63) is 100 Å². The molecule has 0 amide bonds. The van der Waals surface area contributed by atoms with E-state index in [0.29, 0.717) is 44.9 Å². The number of hydrogen-bond acceptors (Lipinski definition) is 5. The number of aromatic nitrogens is 3. The fourth-order valence-corrected chi connectivity index (χ4v) is 4.16. The number of methoxy groups -OCH3 is 1. The number of fused-ring (bicyclic) bond motifs is 1. The molecule has 0 N–H and O–H groups in total. The van der Waals surface area contributed by atoms with Gasteiger partial charge in [-0.05, 0) is 48.0 Å². The number of halogens is 2. The molecule has 5 aromatic rings. The van der Waals surface area contributed by atoms with Crippen LogP contribution in [-0.4, -0.2) is 27.4 Å². The molecule has 0 saturated carbocycles. The van der Waals surface area contributed by atoms with E-state index in [1.54, 1.807) is 31.6 Å². The van der Waals surface area contributed by atoms with Gasteiger partial charge < -0.3 is 13.7 Å². The van der Waals surface area contributed by atoms with Crippen LogP contribution in [0.3, 0.4) is 0 Å². The SMILES string of the molecule is COc1ccc2c(c1)c(C(=O)c1cnc(-c3cccnc3)o1)c(Cl)n2Cc1ccc(Cl)cc1. The highest BCUT2D eigenvalue weighted by molar-refractivity contribution is 6.37. The molecule has 0 aliphatic carbocycles. The Bertz CT molecular complexity index is 1460. The van der Waals surface area contributed by atoms with Crippen molar-refractivity contribution in [3.63, 3.8) is 0 Å². The summed E-state index contributed by atoms with van der Waals surface area (Å²) in [5.74, 6) is 0.649. The predicted molar refractivity (Wildman–Crippen MR) is 127 cm³/mol. The highest BCUT2D eigenvalue weighted by atomic mass is 35.5. The molecule has 0 saturated heterocycles. The third-order valence-electron chi connectivity index (χ3n) is 5.33. The first kappa shape index (κ1) is 21.2. The van der Waals surface area contributed by atoms with E-state index < -0.39 is 0 Å². The molecule has 0 fully saturated rings. The second-order valence-electron chi connectivity index (χ2n) is 7.36. The van der Waals surface area contributed by atoms with Crippen LogP contribution in [0.15, 0.2) is 77.6 Å². The molecule has 5 rings (SSSR count). The topological polar surface area (TPSA) is 70.2 Å². The van der Waals surface area contributed by atoms with E-state index in [9.17, 15) is 4.79 Å². The fourth-order valence-electron chi connectivity index (χ4n) is 3.70. The summed E-state index contributed by atoms with van der Waals surface area (Å²) in [5, 5.41) is 1.62. The molecular formula is C25H17Cl2N3O3. The van der Waals surface area contributed by atoms with Gasteiger partial charge in [0.05, 0.1) is 30.0 Å². The number of oxazole rings is 1. The summed E-state index contributed by atoms with van der Waals surface area (Å²) in [6.07, 6.45) is 4.68. The van der Waals surface area contributed by atoms with E-state index in [0.717, 1.165) is 11.1 Å². The van der Waals surface area contributed by atoms with Gasteiger partial charge in [-0.2, -0.15) is 0 Å². The van der Waals surface area contributed by atoms with Gasteiger partial charge in [-0.25, -0.2) is 4.98 Å². The molecule has 0 aliphatic rings. The molecular weight excluding hydrogens is 461 g/mol. The van der Waals surface area contributed by atoms with Gasteiger partial charge >= 0.3 is 0 Å². The first-order chi connectivity index (χ1) is 16.0. The smallest absolute Gasteiger partial charge is 0.233 e. The van der Waals surface area contributed by atoms with Gasteiger partial charge in [-0.15, -0.1) is 0 Å². The number of nitrogens with zero attached hydrogens (tertiary/aromatic N) is 3. The minimum atomic E-state index is -0.365. The Labute approximate surface area is 199 Å². The lowest BCUT2D eigenvalue weighted by molar-refractivity contribution is 0.101. The fraction of sp³-hybridized carbons (Fsp3) is 0.0800. The number of rotatable bonds is 6. The quantitative estimate of drug-likeness (QED) is 0.269. The first-order valence-electron chi connectivity index (χ1n) is 10.1. The van der Waals surface area contributed by atoms with Crippen molar-refractivity contribution in [2.45, 2.75) is 6.54 Å². The van der Waals surface area contributed by atoms with Gasteiger partial charge in [0, 0.05) is 29.3 Å². The van der Waals surface area contributed by atoms with Crippen molar-refractivity contribution >= 4 is 39.9 Å². The standard InChI is InChI=1S/C25H17Cl2N3O3/c1-32-18-8-9-20-19(11-18)22(24(27)30(20)14-15-4-6-17(26)7-5-15)23(31)21-13-29-25(33-21)16-3-2-10-28-12-16/h2-13H,14H2,1H3. The molecule has 3 heterocycles. The summed E-state index contributed by atoms with van der Waals surface area (Å²) in [6.45, 7) is 0.462. The summed E-state index contributed by atoms with van der Waals surface area (Å²) in [4.78, 5) is 21.8. The zero-order valence-corrected chi connectivity index (χ0v) is 19.0. The van der Waals surface area contributed by atoms with Gasteiger partial charge in [-0.3, -0.25) is 9.78 Å². The van der Waals surface area contributed by atoms with Crippen LogP contribution in [0.1, 0.15) is 21.7 Å². The highest BCUT2D eigenvalue weighted by Gasteiger charge is 2.26. The van der Waals surface area contributed by atoms with Crippen molar-refractivity contribution in [1.29, 1.82) is 0 Å². The second-order valence-corrected chi connectivity index (χ2v) is 8.16. The Hall–Kier alpha value is -3.61. The number of ketones is 1. The number of carbonyl (C=O) groups is 1. The number of pyridine rings is 1. The molecule has 164 valence electrons. The molecule has 0 spiro atoms. The van der Waals surface area contributed by atoms with Crippen LogP contribution >= 0.6 is 23.2 Å². The van der Waals surface area contributed by atoms with E-state index in [1.807, 2.05) is 47.0 Å². The van der Waals surface area contributed by atoms with E-state index in [4.69, 9.17) is 32.4 Å². The summed E-state index contributed by atoms with van der Waals surface area (Å²) in [7, 11) is 1.57. The second kappa shape index (κ2) is 8.73. The highest BCUT2D eigenvalue weighted by Crippen LogP contribution is 2.35. The van der Waals surface area contributed by atoms with Gasteiger partial charge in [0.15, 0.2) is 5.76 Å². The maximum atomic E-state index is 13.5. The largest absolute Gasteiger partial charge is 0.497 e. The Morgan fingerprint density at radius 3 is 2.64 bits per heavy atom. The lowest BCUT2D eigenvalue weighted by Crippen LogP contribution is -2.03. The van der Waals surface area contributed by atoms with Crippen LogP contribution < -0.4 is 4.74 Å². The zero-order chi connectivity index (χ0) is 22.9. The monoisotopic (exact) mass is 477 g/mol. The van der Waals surface area contributed by atoms with Crippen molar-refractivity contribution in [1.82, 2.24) is 14.5 Å². The molecule has 33 heavy (non-hydrogen) atoms. The van der Waals surface area contributed by atoms with Gasteiger partial charge in [0.25, 0.3) is 0 Å². The Balaban J connectivity index is 1.61. The van der Waals surface area contributed by atoms with Crippen molar-refractivity contribution in [2.75, 3.05) is 7.11 Å². The molecule has 6 nitrogen and oxygen atoms in total. The van der Waals surface area contributed by atoms with E-state index in [-0.39, 0.29) is 11.5 Å². The molecule has 3 aromatic heterocycles. The van der Waals surface area contributed by atoms with Crippen LogP contribution in [0, 0.1) is 0 Å². The molecule has 0 aliphatic heterocycles. The van der Waals surface area contributed by atoms with Crippen LogP contribution in [0.5, 0.6) is 5.75 Å². The lowest BCUT2D eigenvalue weighted by atomic mass is 10.1.